The molecule has 0 amide bonds. The van der Waals surface area contributed by atoms with Crippen molar-refractivity contribution in [2.45, 2.75) is 83.5 Å². The number of rotatable bonds is 1. The Morgan fingerprint density at radius 2 is 1.65 bits per heavy atom. The van der Waals surface area contributed by atoms with Crippen molar-refractivity contribution in [1.29, 1.82) is 0 Å². The summed E-state index contributed by atoms with van der Waals surface area (Å²) in [6.07, 6.45) is 13.4. The average Bonchev–Trinajstić information content (AvgIpc) is 3.52. The molecule has 2 aromatic carbocycles. The molecule has 0 radical (unpaired) electrons. The van der Waals surface area contributed by atoms with Gasteiger partial charge in [-0.15, -0.1) is 0 Å². The maximum Gasteiger partial charge on any atom is 0.216 e. The maximum absolute atomic E-state index is 6.81. The van der Waals surface area contributed by atoms with Crippen molar-refractivity contribution >= 4 is 21.9 Å². The van der Waals surface area contributed by atoms with Gasteiger partial charge in [0.2, 0.25) is 5.69 Å². The summed E-state index contributed by atoms with van der Waals surface area (Å²) >= 11 is 0. The topological polar surface area (TPSA) is 17.0 Å². The van der Waals surface area contributed by atoms with Gasteiger partial charge in [0.1, 0.15) is 18.2 Å². The van der Waals surface area contributed by atoms with Gasteiger partial charge in [0.05, 0.1) is 5.56 Å². The second kappa shape index (κ2) is 7.20. The van der Waals surface area contributed by atoms with Gasteiger partial charge in [-0.3, -0.25) is 0 Å². The summed E-state index contributed by atoms with van der Waals surface area (Å²) in [6.45, 7) is 6.61. The van der Waals surface area contributed by atoms with E-state index in [-0.39, 0.29) is 0 Å². The molecule has 2 saturated carbocycles. The van der Waals surface area contributed by atoms with E-state index in [4.69, 9.17) is 4.42 Å². The number of pyridine rings is 1. The number of aryl methyl sites for hydroxylation is 4. The minimum Gasteiger partial charge on any atom is -0.455 e. The SMILES string of the molecule is Cc1cc(-c2c(C)ccc3c2oc2cc4c(cc23)C2CCCCC2C42CCCC2)[n+](C)cc1C. The van der Waals surface area contributed by atoms with Crippen molar-refractivity contribution < 1.29 is 8.98 Å². The van der Waals surface area contributed by atoms with Gasteiger partial charge in [-0.2, -0.15) is 0 Å². The zero-order chi connectivity index (χ0) is 23.2. The van der Waals surface area contributed by atoms with Crippen LogP contribution in [0.3, 0.4) is 0 Å². The Hall–Kier alpha value is -2.61. The molecule has 2 fully saturated rings. The predicted molar refractivity (Wildman–Crippen MR) is 139 cm³/mol. The summed E-state index contributed by atoms with van der Waals surface area (Å²) in [4.78, 5) is 0. The molecular weight excluding hydrogens is 414 g/mol. The Balaban J connectivity index is 1.50. The fraction of sp³-hybridized carbons (Fsp3) is 0.469. The summed E-state index contributed by atoms with van der Waals surface area (Å²) in [5, 5.41) is 2.59. The highest BCUT2D eigenvalue weighted by atomic mass is 16.3. The highest BCUT2D eigenvalue weighted by molar-refractivity contribution is 6.10. The van der Waals surface area contributed by atoms with E-state index < -0.39 is 0 Å². The first-order valence-electron chi connectivity index (χ1n) is 13.5. The molecule has 3 aliphatic rings. The van der Waals surface area contributed by atoms with E-state index in [9.17, 15) is 0 Å². The van der Waals surface area contributed by atoms with Crippen molar-refractivity contribution in [3.05, 3.63) is 64.3 Å². The molecule has 174 valence electrons. The number of nitrogens with zero attached hydrogens (tertiary/aromatic N) is 1. The van der Waals surface area contributed by atoms with E-state index >= 15 is 0 Å². The van der Waals surface area contributed by atoms with Crippen LogP contribution in [0, 0.1) is 26.7 Å². The van der Waals surface area contributed by atoms with E-state index in [0.717, 1.165) is 23.0 Å². The molecule has 3 aliphatic carbocycles. The lowest BCUT2D eigenvalue weighted by Gasteiger charge is -2.37. The van der Waals surface area contributed by atoms with Crippen LogP contribution in [-0.4, -0.2) is 0 Å². The van der Waals surface area contributed by atoms with Crippen LogP contribution in [0.1, 0.15) is 85.1 Å². The van der Waals surface area contributed by atoms with Gasteiger partial charge in [-0.05, 0) is 98.1 Å². The van der Waals surface area contributed by atoms with E-state index in [0.29, 0.717) is 5.41 Å². The molecule has 0 saturated heterocycles. The van der Waals surface area contributed by atoms with Crippen LogP contribution in [0.5, 0.6) is 0 Å². The first-order chi connectivity index (χ1) is 16.5. The average molecular weight is 451 g/mol. The number of benzene rings is 2. The molecule has 1 spiro atoms. The molecule has 4 aromatic rings. The fourth-order valence-corrected chi connectivity index (χ4v) is 8.20. The minimum atomic E-state index is 0.423. The number of fused-ring (bicyclic) bond motifs is 8. The largest absolute Gasteiger partial charge is 0.455 e. The van der Waals surface area contributed by atoms with Crippen LogP contribution < -0.4 is 4.57 Å². The lowest BCUT2D eigenvalue weighted by Crippen LogP contribution is -2.31. The van der Waals surface area contributed by atoms with Crippen LogP contribution in [0.15, 0.2) is 40.9 Å². The second-order valence-electron chi connectivity index (χ2n) is 11.7. The predicted octanol–water partition coefficient (Wildman–Crippen LogP) is 8.10. The smallest absolute Gasteiger partial charge is 0.216 e. The second-order valence-corrected chi connectivity index (χ2v) is 11.7. The Labute approximate surface area is 203 Å². The van der Waals surface area contributed by atoms with Crippen molar-refractivity contribution in [2.75, 3.05) is 0 Å². The number of hydrogen-bond donors (Lipinski definition) is 0. The molecule has 0 N–H and O–H groups in total. The summed E-state index contributed by atoms with van der Waals surface area (Å²) in [5.41, 5.74) is 12.3. The molecule has 2 unspecified atom stereocenters. The molecule has 2 atom stereocenters. The van der Waals surface area contributed by atoms with Crippen LogP contribution in [0.2, 0.25) is 0 Å². The summed E-state index contributed by atoms with van der Waals surface area (Å²) < 4.78 is 9.07. The normalized spacial score (nSPS) is 23.2. The lowest BCUT2D eigenvalue weighted by molar-refractivity contribution is -0.660. The third kappa shape index (κ3) is 2.66. The summed E-state index contributed by atoms with van der Waals surface area (Å²) in [6, 6.07) is 12.0. The van der Waals surface area contributed by atoms with E-state index in [1.54, 1.807) is 11.1 Å². The van der Waals surface area contributed by atoms with Crippen LogP contribution >= 0.6 is 0 Å². The van der Waals surface area contributed by atoms with Gasteiger partial charge in [0, 0.05) is 22.4 Å². The van der Waals surface area contributed by atoms with Crippen molar-refractivity contribution in [3.8, 4) is 11.3 Å². The van der Waals surface area contributed by atoms with Gasteiger partial charge in [0.15, 0.2) is 6.20 Å². The highest BCUT2D eigenvalue weighted by Gasteiger charge is 2.53. The molecular formula is C32H36NO+. The van der Waals surface area contributed by atoms with Gasteiger partial charge in [-0.25, -0.2) is 4.57 Å². The molecule has 34 heavy (non-hydrogen) atoms. The van der Waals surface area contributed by atoms with Crippen LogP contribution in [-0.2, 0) is 12.5 Å². The zero-order valence-electron chi connectivity index (χ0n) is 21.1. The molecule has 0 bridgehead atoms. The Morgan fingerprint density at radius 3 is 2.47 bits per heavy atom. The number of hydrogen-bond acceptors (Lipinski definition) is 1. The van der Waals surface area contributed by atoms with Crippen LogP contribution in [0.25, 0.3) is 33.2 Å². The number of furan rings is 1. The Morgan fingerprint density at radius 1 is 0.853 bits per heavy atom. The first-order valence-corrected chi connectivity index (χ1v) is 13.5. The molecule has 0 aliphatic heterocycles. The standard InChI is InChI=1S/C32H36NO/c1-19-11-12-23-25-16-24-22-9-5-6-10-26(22)32(13-7-8-14-32)27(24)17-29(25)34-31(23)30(19)28-15-20(2)21(3)18-33(28)4/h11-12,15-18,22,26H,5-10,13-14H2,1-4H3/q+1. The summed E-state index contributed by atoms with van der Waals surface area (Å²) in [5.74, 6) is 1.63. The third-order valence-electron chi connectivity index (χ3n) is 9.93. The van der Waals surface area contributed by atoms with Gasteiger partial charge in [0.25, 0.3) is 0 Å². The molecule has 2 heterocycles. The number of aromatic nitrogens is 1. The third-order valence-corrected chi connectivity index (χ3v) is 9.93. The lowest BCUT2D eigenvalue weighted by atomic mass is 9.66. The molecule has 2 heteroatoms. The highest BCUT2D eigenvalue weighted by Crippen LogP contribution is 2.63. The quantitative estimate of drug-likeness (QED) is 0.268. The minimum absolute atomic E-state index is 0.423. The van der Waals surface area contributed by atoms with E-state index in [1.807, 2.05) is 0 Å². The Kier molecular flexibility index (Phi) is 4.39. The summed E-state index contributed by atoms with van der Waals surface area (Å²) in [7, 11) is 2.16. The Bertz CT molecular complexity index is 1470. The van der Waals surface area contributed by atoms with Crippen molar-refractivity contribution in [3.63, 3.8) is 0 Å². The molecule has 7 rings (SSSR count). The monoisotopic (exact) mass is 450 g/mol. The van der Waals surface area contributed by atoms with Gasteiger partial charge < -0.3 is 4.42 Å². The fourth-order valence-electron chi connectivity index (χ4n) is 8.20. The zero-order valence-corrected chi connectivity index (χ0v) is 21.1. The molecule has 2 nitrogen and oxygen atoms in total. The van der Waals surface area contributed by atoms with Crippen molar-refractivity contribution in [2.24, 2.45) is 13.0 Å². The van der Waals surface area contributed by atoms with E-state index in [1.165, 1.54) is 90.1 Å². The molecule has 2 aromatic heterocycles. The first kappa shape index (κ1) is 20.7. The van der Waals surface area contributed by atoms with E-state index in [2.05, 4.69) is 68.9 Å². The van der Waals surface area contributed by atoms with Crippen LogP contribution in [0.4, 0.5) is 0 Å². The van der Waals surface area contributed by atoms with Gasteiger partial charge in [-0.1, -0.05) is 37.8 Å². The van der Waals surface area contributed by atoms with Gasteiger partial charge >= 0.3 is 0 Å². The van der Waals surface area contributed by atoms with Crippen molar-refractivity contribution in [1.82, 2.24) is 0 Å². The maximum atomic E-state index is 6.81.